The van der Waals surface area contributed by atoms with Gasteiger partial charge in [-0.1, -0.05) is 18.2 Å². The second-order valence-corrected chi connectivity index (χ2v) is 9.39. The number of sulfonamides is 1. The Morgan fingerprint density at radius 2 is 1.88 bits per heavy atom. The molecule has 1 unspecified atom stereocenters. The minimum Gasteiger partial charge on any atom is -0.341 e. The molecule has 2 heterocycles. The van der Waals surface area contributed by atoms with Crippen molar-refractivity contribution in [1.82, 2.24) is 14.9 Å². The van der Waals surface area contributed by atoms with E-state index < -0.39 is 16.1 Å². The van der Waals surface area contributed by atoms with E-state index >= 15 is 0 Å². The summed E-state index contributed by atoms with van der Waals surface area (Å²) in [7, 11) is -3.70. The molecule has 9 heteroatoms. The molecule has 3 atom stereocenters. The van der Waals surface area contributed by atoms with Crippen molar-refractivity contribution in [2.75, 3.05) is 38.2 Å². The Kier molecular flexibility index (Phi) is 7.78. The molecule has 2 fully saturated rings. The van der Waals surface area contributed by atoms with Gasteiger partial charge in [-0.3, -0.25) is 4.79 Å². The summed E-state index contributed by atoms with van der Waals surface area (Å²) in [6, 6.07) is 7.52. The molecule has 0 bridgehead atoms. The van der Waals surface area contributed by atoms with E-state index in [9.17, 15) is 13.2 Å². The van der Waals surface area contributed by atoms with E-state index in [1.807, 2.05) is 11.2 Å². The fourth-order valence-corrected chi connectivity index (χ4v) is 5.30. The summed E-state index contributed by atoms with van der Waals surface area (Å²) in [4.78, 5) is 15.0. The summed E-state index contributed by atoms with van der Waals surface area (Å²) < 4.78 is 27.9. The van der Waals surface area contributed by atoms with Gasteiger partial charge in [0.05, 0.1) is 4.90 Å². The largest absolute Gasteiger partial charge is 0.341 e. The number of amides is 1. The summed E-state index contributed by atoms with van der Waals surface area (Å²) in [5, 5.41) is 3.35. The summed E-state index contributed by atoms with van der Waals surface area (Å²) in [6.07, 6.45) is 2.45. The molecule has 1 aromatic rings. The highest BCUT2D eigenvalue weighted by molar-refractivity contribution is 7.98. The van der Waals surface area contributed by atoms with Gasteiger partial charge >= 0.3 is 0 Å². The van der Waals surface area contributed by atoms with Crippen LogP contribution in [-0.2, 0) is 14.8 Å². The number of benzene rings is 1. The summed E-state index contributed by atoms with van der Waals surface area (Å²) in [6.45, 7) is 3.33. The van der Waals surface area contributed by atoms with Crippen LogP contribution in [0.3, 0.4) is 0 Å². The first-order valence-electron chi connectivity index (χ1n) is 8.57. The molecule has 2 N–H and O–H groups in total. The van der Waals surface area contributed by atoms with Gasteiger partial charge in [-0.2, -0.15) is 16.5 Å². The molecule has 0 aromatic heterocycles. The number of likely N-dealkylation sites (tertiary alicyclic amines) is 1. The Bertz CT molecular complexity index is 690. The number of nitrogens with one attached hydrogen (secondary N) is 2. The molecule has 0 spiro atoms. The number of rotatable bonds is 7. The quantitative estimate of drug-likeness (QED) is 0.694. The van der Waals surface area contributed by atoms with Gasteiger partial charge in [0.25, 0.3) is 0 Å². The van der Waals surface area contributed by atoms with Crippen LogP contribution in [0.25, 0.3) is 0 Å². The van der Waals surface area contributed by atoms with Gasteiger partial charge in [0.15, 0.2) is 0 Å². The van der Waals surface area contributed by atoms with E-state index in [0.29, 0.717) is 18.3 Å². The number of hydrogen-bond acceptors (Lipinski definition) is 5. The maximum Gasteiger partial charge on any atom is 0.241 e. The van der Waals surface area contributed by atoms with Crippen molar-refractivity contribution in [2.45, 2.75) is 17.4 Å². The molecule has 0 saturated carbocycles. The van der Waals surface area contributed by atoms with E-state index in [1.165, 1.54) is 0 Å². The molecule has 0 radical (unpaired) electrons. The maximum absolute atomic E-state index is 13.0. The average Bonchev–Trinajstić information content (AvgIpc) is 3.20. The molecule has 3 rings (SSSR count). The van der Waals surface area contributed by atoms with Crippen molar-refractivity contribution in [1.29, 1.82) is 0 Å². The second kappa shape index (κ2) is 9.41. The highest BCUT2D eigenvalue weighted by Crippen LogP contribution is 2.27. The number of fused-ring (bicyclic) bond motifs is 1. The molecule has 146 valence electrons. The summed E-state index contributed by atoms with van der Waals surface area (Å²) >= 11 is 1.61. The van der Waals surface area contributed by atoms with Crippen LogP contribution in [0, 0.1) is 11.8 Å². The summed E-state index contributed by atoms with van der Waals surface area (Å²) in [5.74, 6) is 1.63. The Balaban J connectivity index is 0.00000243. The van der Waals surface area contributed by atoms with Crippen molar-refractivity contribution in [3.05, 3.63) is 30.3 Å². The average molecular weight is 420 g/mol. The second-order valence-electron chi connectivity index (χ2n) is 6.69. The summed E-state index contributed by atoms with van der Waals surface area (Å²) in [5.41, 5.74) is 0. The van der Waals surface area contributed by atoms with Crippen molar-refractivity contribution < 1.29 is 13.2 Å². The van der Waals surface area contributed by atoms with Gasteiger partial charge in [-0.15, -0.1) is 12.4 Å². The van der Waals surface area contributed by atoms with Gasteiger partial charge in [-0.25, -0.2) is 8.42 Å². The maximum atomic E-state index is 13.0. The van der Waals surface area contributed by atoms with E-state index in [1.54, 1.807) is 42.1 Å². The van der Waals surface area contributed by atoms with Crippen LogP contribution in [0.2, 0.25) is 0 Å². The molecule has 0 aliphatic carbocycles. The van der Waals surface area contributed by atoms with Crippen LogP contribution >= 0.6 is 24.2 Å². The molecule has 2 aliphatic rings. The van der Waals surface area contributed by atoms with Crippen molar-refractivity contribution >= 4 is 40.1 Å². The molecule has 26 heavy (non-hydrogen) atoms. The Hall–Kier alpha value is -0.800. The first-order chi connectivity index (χ1) is 12.0. The van der Waals surface area contributed by atoms with Crippen LogP contribution in [-0.4, -0.2) is 63.5 Å². The third-order valence-corrected chi connectivity index (χ3v) is 7.09. The number of thioether (sulfide) groups is 1. The fraction of sp³-hybridized carbons (Fsp3) is 0.588. The van der Waals surface area contributed by atoms with E-state index in [-0.39, 0.29) is 23.2 Å². The molecular formula is C17H26ClN3O3S2. The zero-order chi connectivity index (χ0) is 17.9. The standard InChI is InChI=1S/C17H25N3O3S2.ClH/c1-24-8-7-16(19-25(22,23)15-5-3-2-4-6-15)17(21)20-11-13-9-18-10-14(13)12-20;/h2-6,13-14,16,18-19H,7-12H2,1H3;1H/t13-,14+,16?;. The lowest BCUT2D eigenvalue weighted by Crippen LogP contribution is -2.48. The highest BCUT2D eigenvalue weighted by Gasteiger charge is 2.40. The van der Waals surface area contributed by atoms with Crippen molar-refractivity contribution in [3.8, 4) is 0 Å². The lowest BCUT2D eigenvalue weighted by atomic mass is 10.0. The first-order valence-corrected chi connectivity index (χ1v) is 11.4. The molecular weight excluding hydrogens is 394 g/mol. The van der Waals surface area contributed by atoms with Crippen LogP contribution in [0.4, 0.5) is 0 Å². The van der Waals surface area contributed by atoms with Gasteiger partial charge in [-0.05, 0) is 42.4 Å². The molecule has 2 aliphatic heterocycles. The van der Waals surface area contributed by atoms with E-state index in [4.69, 9.17) is 0 Å². The van der Waals surface area contributed by atoms with Gasteiger partial charge < -0.3 is 10.2 Å². The highest BCUT2D eigenvalue weighted by atomic mass is 35.5. The number of carbonyl (C=O) groups is 1. The van der Waals surface area contributed by atoms with Crippen molar-refractivity contribution in [3.63, 3.8) is 0 Å². The Morgan fingerprint density at radius 3 is 2.46 bits per heavy atom. The van der Waals surface area contributed by atoms with Gasteiger partial charge in [0, 0.05) is 26.2 Å². The SMILES string of the molecule is CSCCC(NS(=O)(=O)c1ccccc1)C(=O)N1C[C@H]2CNC[C@H]2C1.Cl. The first kappa shape index (κ1) is 21.5. The zero-order valence-electron chi connectivity index (χ0n) is 14.8. The number of carbonyl (C=O) groups excluding carboxylic acids is 1. The molecule has 2 saturated heterocycles. The Labute approximate surface area is 165 Å². The third-order valence-electron chi connectivity index (χ3n) is 4.96. The zero-order valence-corrected chi connectivity index (χ0v) is 17.2. The smallest absolute Gasteiger partial charge is 0.241 e. The monoisotopic (exact) mass is 419 g/mol. The van der Waals surface area contributed by atoms with Gasteiger partial charge in [0.1, 0.15) is 6.04 Å². The third kappa shape index (κ3) is 4.92. The normalized spacial score (nSPS) is 23.3. The predicted octanol–water partition coefficient (Wildman–Crippen LogP) is 1.19. The number of halogens is 1. The van der Waals surface area contributed by atoms with E-state index in [0.717, 1.165) is 31.9 Å². The van der Waals surface area contributed by atoms with Crippen LogP contribution in [0.15, 0.2) is 35.2 Å². The number of hydrogen-bond donors (Lipinski definition) is 2. The van der Waals surface area contributed by atoms with E-state index in [2.05, 4.69) is 10.0 Å². The van der Waals surface area contributed by atoms with Gasteiger partial charge in [0.2, 0.25) is 15.9 Å². The Morgan fingerprint density at radius 1 is 1.27 bits per heavy atom. The van der Waals surface area contributed by atoms with Crippen LogP contribution in [0.1, 0.15) is 6.42 Å². The lowest BCUT2D eigenvalue weighted by Gasteiger charge is -2.25. The topological polar surface area (TPSA) is 78.5 Å². The molecule has 1 aromatic carbocycles. The van der Waals surface area contributed by atoms with Crippen LogP contribution < -0.4 is 10.0 Å². The predicted molar refractivity (Wildman–Crippen MR) is 107 cm³/mol. The van der Waals surface area contributed by atoms with Crippen LogP contribution in [0.5, 0.6) is 0 Å². The fourth-order valence-electron chi connectivity index (χ4n) is 3.58. The number of nitrogens with zero attached hydrogens (tertiary/aromatic N) is 1. The van der Waals surface area contributed by atoms with Crippen molar-refractivity contribution in [2.24, 2.45) is 11.8 Å². The minimum absolute atomic E-state index is 0. The molecule has 6 nitrogen and oxygen atoms in total. The molecule has 1 amide bonds. The minimum atomic E-state index is -3.70. The lowest BCUT2D eigenvalue weighted by molar-refractivity contribution is -0.132.